The molecule has 15 heavy (non-hydrogen) atoms. The van der Waals surface area contributed by atoms with Gasteiger partial charge in [-0.3, -0.25) is 4.99 Å². The fraction of sp³-hybridized carbons (Fsp3) is 0.333. The van der Waals surface area contributed by atoms with Gasteiger partial charge in [0.15, 0.2) is 0 Å². The van der Waals surface area contributed by atoms with Gasteiger partial charge in [0.05, 0.1) is 11.4 Å². The fourth-order valence-electron chi connectivity index (χ4n) is 2.50. The largest absolute Gasteiger partial charge is 0.411 e. The first-order chi connectivity index (χ1) is 7.40. The predicted molar refractivity (Wildman–Crippen MR) is 59.4 cm³/mol. The summed E-state index contributed by atoms with van der Waals surface area (Å²) in [6.07, 6.45) is 3.05. The second kappa shape index (κ2) is 3.19. The Balaban J connectivity index is 2.11. The topological polar surface area (TPSA) is 45.0 Å². The van der Waals surface area contributed by atoms with Gasteiger partial charge in [-0.25, -0.2) is 0 Å². The number of rotatable bonds is 0. The maximum absolute atomic E-state index is 8.92. The number of aliphatic imine (C=N–C) groups is 1. The summed E-state index contributed by atoms with van der Waals surface area (Å²) in [6, 6.07) is 8.18. The molecule has 0 bridgehead atoms. The molecule has 0 amide bonds. The third kappa shape index (κ3) is 1.19. The van der Waals surface area contributed by atoms with Gasteiger partial charge in [-0.1, -0.05) is 23.4 Å². The smallest absolute Gasteiger partial charge is 0.102 e. The van der Waals surface area contributed by atoms with E-state index in [-0.39, 0.29) is 0 Å². The summed E-state index contributed by atoms with van der Waals surface area (Å²) in [5.41, 5.74) is 4.07. The van der Waals surface area contributed by atoms with Gasteiger partial charge in [-0.15, -0.1) is 0 Å². The highest BCUT2D eigenvalue weighted by atomic mass is 16.4. The lowest BCUT2D eigenvalue weighted by Gasteiger charge is -2.20. The van der Waals surface area contributed by atoms with Crippen LogP contribution in [0, 0.1) is 0 Å². The zero-order chi connectivity index (χ0) is 10.3. The highest BCUT2D eigenvalue weighted by molar-refractivity contribution is 6.46. The van der Waals surface area contributed by atoms with E-state index in [1.54, 1.807) is 0 Å². The van der Waals surface area contributed by atoms with Crippen molar-refractivity contribution in [1.82, 2.24) is 0 Å². The normalized spacial score (nSPS) is 26.0. The monoisotopic (exact) mass is 200 g/mol. The van der Waals surface area contributed by atoms with E-state index >= 15 is 0 Å². The Morgan fingerprint density at radius 1 is 1.33 bits per heavy atom. The average Bonchev–Trinajstić information content (AvgIpc) is 2.67. The molecule has 1 aromatic carbocycles. The van der Waals surface area contributed by atoms with Crippen LogP contribution in [0.5, 0.6) is 0 Å². The Hall–Kier alpha value is -1.64. The zero-order valence-electron chi connectivity index (χ0n) is 8.35. The first-order valence-corrected chi connectivity index (χ1v) is 5.29. The predicted octanol–water partition coefficient (Wildman–Crippen LogP) is 2.87. The van der Waals surface area contributed by atoms with Crippen LogP contribution < -0.4 is 0 Å². The fourth-order valence-corrected chi connectivity index (χ4v) is 2.50. The molecule has 1 aliphatic heterocycles. The summed E-state index contributed by atoms with van der Waals surface area (Å²) in [7, 11) is 0. The molecule has 0 radical (unpaired) electrons. The maximum atomic E-state index is 8.92. The van der Waals surface area contributed by atoms with E-state index in [4.69, 9.17) is 5.21 Å². The minimum atomic E-state index is 0.362. The summed E-state index contributed by atoms with van der Waals surface area (Å²) < 4.78 is 0. The molecule has 1 aliphatic carbocycles. The molecule has 2 aliphatic rings. The molecule has 76 valence electrons. The van der Waals surface area contributed by atoms with E-state index in [2.05, 4.69) is 16.2 Å². The van der Waals surface area contributed by atoms with Crippen molar-refractivity contribution in [3.63, 3.8) is 0 Å². The van der Waals surface area contributed by atoms with Crippen LogP contribution in [-0.2, 0) is 0 Å². The maximum Gasteiger partial charge on any atom is 0.102 e. The summed E-state index contributed by atoms with van der Waals surface area (Å²) in [5, 5.41) is 12.3. The van der Waals surface area contributed by atoms with Crippen molar-refractivity contribution in [2.24, 2.45) is 10.1 Å². The average molecular weight is 200 g/mol. The standard InChI is InChI=1S/C12H12N2O/c15-14-11-7-3-5-9-8-4-1-2-6-10(8)13-12(9)11/h1-2,4,6,9,15H,3,5,7H2. The Kier molecular flexibility index (Phi) is 1.84. The van der Waals surface area contributed by atoms with E-state index in [0.717, 1.165) is 36.4 Å². The van der Waals surface area contributed by atoms with Gasteiger partial charge < -0.3 is 5.21 Å². The van der Waals surface area contributed by atoms with Gasteiger partial charge in [0.1, 0.15) is 5.71 Å². The van der Waals surface area contributed by atoms with E-state index < -0.39 is 0 Å². The van der Waals surface area contributed by atoms with E-state index in [1.165, 1.54) is 5.56 Å². The Bertz CT molecular complexity index is 462. The first-order valence-electron chi connectivity index (χ1n) is 5.29. The van der Waals surface area contributed by atoms with Crippen molar-refractivity contribution in [3.05, 3.63) is 29.8 Å². The SMILES string of the molecule is ON=C1CCCC2C1=Nc1ccccc12. The van der Waals surface area contributed by atoms with E-state index in [0.29, 0.717) is 5.92 Å². The number of hydrogen-bond donors (Lipinski definition) is 1. The summed E-state index contributed by atoms with van der Waals surface area (Å²) in [5.74, 6) is 0.362. The van der Waals surface area contributed by atoms with Gasteiger partial charge in [0, 0.05) is 5.92 Å². The number of benzene rings is 1. The molecule has 1 saturated carbocycles. The van der Waals surface area contributed by atoms with Gasteiger partial charge in [-0.2, -0.15) is 0 Å². The first kappa shape index (κ1) is 8.65. The molecule has 0 spiro atoms. The van der Waals surface area contributed by atoms with Crippen molar-refractivity contribution in [3.8, 4) is 0 Å². The number of nitrogens with zero attached hydrogens (tertiary/aromatic N) is 2. The van der Waals surface area contributed by atoms with Crippen LogP contribution in [0.4, 0.5) is 5.69 Å². The van der Waals surface area contributed by atoms with Crippen LogP contribution in [0.1, 0.15) is 30.7 Å². The molecule has 3 nitrogen and oxygen atoms in total. The second-order valence-corrected chi connectivity index (χ2v) is 4.05. The minimum Gasteiger partial charge on any atom is -0.411 e. The zero-order valence-corrected chi connectivity index (χ0v) is 8.35. The highest BCUT2D eigenvalue weighted by Gasteiger charge is 2.33. The van der Waals surface area contributed by atoms with Crippen molar-refractivity contribution in [1.29, 1.82) is 0 Å². The van der Waals surface area contributed by atoms with Crippen LogP contribution >= 0.6 is 0 Å². The third-order valence-corrected chi connectivity index (χ3v) is 3.21. The molecule has 1 atom stereocenters. The lowest BCUT2D eigenvalue weighted by atomic mass is 9.83. The van der Waals surface area contributed by atoms with Crippen molar-refractivity contribution < 1.29 is 5.21 Å². The van der Waals surface area contributed by atoms with Crippen molar-refractivity contribution in [2.75, 3.05) is 0 Å². The van der Waals surface area contributed by atoms with Crippen molar-refractivity contribution in [2.45, 2.75) is 25.2 Å². The molecule has 1 heterocycles. The molecular weight excluding hydrogens is 188 g/mol. The van der Waals surface area contributed by atoms with Crippen LogP contribution in [-0.4, -0.2) is 16.6 Å². The molecule has 1 N–H and O–H groups in total. The minimum absolute atomic E-state index is 0.362. The molecule has 3 rings (SSSR count). The van der Waals surface area contributed by atoms with Crippen molar-refractivity contribution >= 4 is 17.1 Å². The van der Waals surface area contributed by atoms with Crippen LogP contribution in [0.25, 0.3) is 0 Å². The summed E-state index contributed by atoms with van der Waals surface area (Å²) in [6.45, 7) is 0. The molecule has 0 aromatic heterocycles. The van der Waals surface area contributed by atoms with Gasteiger partial charge >= 0.3 is 0 Å². The summed E-state index contributed by atoms with van der Waals surface area (Å²) >= 11 is 0. The van der Waals surface area contributed by atoms with Gasteiger partial charge in [0.25, 0.3) is 0 Å². The molecule has 3 heteroatoms. The van der Waals surface area contributed by atoms with E-state index in [1.807, 2.05) is 18.2 Å². The van der Waals surface area contributed by atoms with Crippen LogP contribution in [0.2, 0.25) is 0 Å². The molecule has 1 unspecified atom stereocenters. The van der Waals surface area contributed by atoms with Gasteiger partial charge in [-0.05, 0) is 30.9 Å². The Morgan fingerprint density at radius 2 is 2.20 bits per heavy atom. The second-order valence-electron chi connectivity index (χ2n) is 4.05. The lowest BCUT2D eigenvalue weighted by molar-refractivity contribution is 0.318. The molecular formula is C12H12N2O. The molecule has 1 fully saturated rings. The van der Waals surface area contributed by atoms with E-state index in [9.17, 15) is 0 Å². The lowest BCUT2D eigenvalue weighted by Crippen LogP contribution is -2.24. The number of hydrogen-bond acceptors (Lipinski definition) is 3. The Morgan fingerprint density at radius 3 is 3.07 bits per heavy atom. The quantitative estimate of drug-likeness (QED) is 0.508. The number of para-hydroxylation sites is 1. The molecule has 0 saturated heterocycles. The number of fused-ring (bicyclic) bond motifs is 3. The highest BCUT2D eigenvalue weighted by Crippen LogP contribution is 2.41. The number of oxime groups is 1. The summed E-state index contributed by atoms with van der Waals surface area (Å²) in [4.78, 5) is 4.55. The molecule has 1 aromatic rings. The van der Waals surface area contributed by atoms with Gasteiger partial charge in [0.2, 0.25) is 0 Å². The van der Waals surface area contributed by atoms with Crippen LogP contribution in [0.3, 0.4) is 0 Å². The third-order valence-electron chi connectivity index (χ3n) is 3.21. The Labute approximate surface area is 88.1 Å². The van der Waals surface area contributed by atoms with Crippen LogP contribution in [0.15, 0.2) is 34.4 Å².